The van der Waals surface area contributed by atoms with Crippen molar-refractivity contribution in [2.24, 2.45) is 7.05 Å². The largest absolute Gasteiger partial charge is 0.573 e. The Kier molecular flexibility index (Phi) is 7.07. The molecular formula is C25H26F3N7O3S. The number of imidazole rings is 1. The van der Waals surface area contributed by atoms with E-state index < -0.39 is 6.36 Å². The molecule has 0 radical (unpaired) electrons. The van der Waals surface area contributed by atoms with Crippen molar-refractivity contribution < 1.29 is 27.5 Å². The molecule has 2 amide bonds. The highest BCUT2D eigenvalue weighted by Gasteiger charge is 2.31. The normalized spacial score (nSPS) is 15.9. The van der Waals surface area contributed by atoms with Crippen molar-refractivity contribution >= 4 is 55.5 Å². The van der Waals surface area contributed by atoms with Gasteiger partial charge in [0.25, 0.3) is 5.91 Å². The monoisotopic (exact) mass is 561 g/mol. The summed E-state index contributed by atoms with van der Waals surface area (Å²) in [4.78, 5) is 38.1. The van der Waals surface area contributed by atoms with Gasteiger partial charge in [-0.05, 0) is 50.8 Å². The molecule has 2 aromatic carbocycles. The summed E-state index contributed by atoms with van der Waals surface area (Å²) in [5, 5.41) is 6.22. The molecule has 1 aliphatic rings. The smallest absolute Gasteiger partial charge is 0.406 e. The molecule has 1 saturated heterocycles. The Bertz CT molecular complexity index is 1550. The molecular weight excluding hydrogens is 535 g/mol. The topological polar surface area (TPSA) is 105 Å². The number of aryl methyl sites for hydroxylation is 1. The minimum atomic E-state index is -4.78. The predicted octanol–water partition coefficient (Wildman–Crippen LogP) is 3.72. The van der Waals surface area contributed by atoms with Crippen molar-refractivity contribution in [1.29, 1.82) is 0 Å². The summed E-state index contributed by atoms with van der Waals surface area (Å²) in [6, 6.07) is 9.31. The number of halogens is 3. The number of hydrogen-bond acceptors (Lipinski definition) is 8. The van der Waals surface area contributed by atoms with Crippen molar-refractivity contribution in [2.45, 2.75) is 18.8 Å². The highest BCUT2D eigenvalue weighted by molar-refractivity contribution is 7.22. The van der Waals surface area contributed by atoms with E-state index in [1.165, 1.54) is 18.2 Å². The number of likely N-dealkylation sites (N-methyl/N-ethyl adjacent to an activating group) is 1. The zero-order valence-corrected chi connectivity index (χ0v) is 22.2. The van der Waals surface area contributed by atoms with Crippen molar-refractivity contribution in [2.75, 3.05) is 39.0 Å². The number of hydrogen-bond donors (Lipinski definition) is 2. The van der Waals surface area contributed by atoms with Crippen LogP contribution < -0.4 is 15.4 Å². The molecule has 206 valence electrons. The number of rotatable bonds is 7. The molecule has 0 bridgehead atoms. The minimum absolute atomic E-state index is 0.0840. The Morgan fingerprint density at radius 1 is 1.15 bits per heavy atom. The van der Waals surface area contributed by atoms with Crippen LogP contribution in [-0.2, 0) is 11.8 Å². The maximum absolute atomic E-state index is 12.7. The van der Waals surface area contributed by atoms with E-state index in [4.69, 9.17) is 0 Å². The SMILES string of the molecule is CN(C)C1CCN(C(=O)CNC(=O)c2ccc3c(c2)nc(Nc2nc4ccc(OC(F)(F)F)cc4s2)n3C)C1. The van der Waals surface area contributed by atoms with Gasteiger partial charge < -0.3 is 29.7 Å². The molecule has 4 aromatic rings. The number of carbonyl (C=O) groups is 2. The van der Waals surface area contributed by atoms with Crippen molar-refractivity contribution in [3.63, 3.8) is 0 Å². The van der Waals surface area contributed by atoms with Crippen LogP contribution in [0.15, 0.2) is 36.4 Å². The minimum Gasteiger partial charge on any atom is -0.406 e. The summed E-state index contributed by atoms with van der Waals surface area (Å²) in [6.07, 6.45) is -3.87. The number of amides is 2. The molecule has 5 rings (SSSR count). The number of thiazole rings is 1. The summed E-state index contributed by atoms with van der Waals surface area (Å²) in [7, 11) is 5.76. The first-order valence-corrected chi connectivity index (χ1v) is 12.9. The molecule has 1 unspecified atom stereocenters. The molecule has 0 saturated carbocycles. The van der Waals surface area contributed by atoms with E-state index in [-0.39, 0.29) is 24.1 Å². The molecule has 10 nitrogen and oxygen atoms in total. The van der Waals surface area contributed by atoms with Crippen LogP contribution in [0.4, 0.5) is 24.3 Å². The number of nitrogens with zero attached hydrogens (tertiary/aromatic N) is 5. The summed E-state index contributed by atoms with van der Waals surface area (Å²) in [5.41, 5.74) is 2.17. The summed E-state index contributed by atoms with van der Waals surface area (Å²) in [5.74, 6) is -0.380. The van der Waals surface area contributed by atoms with Gasteiger partial charge in [0.2, 0.25) is 11.9 Å². The quantitative estimate of drug-likeness (QED) is 0.355. The van der Waals surface area contributed by atoms with Gasteiger partial charge in [-0.25, -0.2) is 9.97 Å². The van der Waals surface area contributed by atoms with E-state index in [1.807, 2.05) is 14.1 Å². The van der Waals surface area contributed by atoms with E-state index in [9.17, 15) is 22.8 Å². The van der Waals surface area contributed by atoms with Crippen LogP contribution >= 0.6 is 11.3 Å². The number of alkyl halides is 3. The Labute approximate surface area is 225 Å². The molecule has 14 heteroatoms. The maximum Gasteiger partial charge on any atom is 0.573 e. The van der Waals surface area contributed by atoms with E-state index >= 15 is 0 Å². The van der Waals surface area contributed by atoms with Crippen molar-refractivity contribution in [3.05, 3.63) is 42.0 Å². The fourth-order valence-electron chi connectivity index (χ4n) is 4.46. The number of carbonyl (C=O) groups excluding carboxylic acids is 2. The third kappa shape index (κ3) is 5.91. The molecule has 0 spiro atoms. The zero-order chi connectivity index (χ0) is 27.9. The Balaban J connectivity index is 1.26. The van der Waals surface area contributed by atoms with Crippen LogP contribution in [0.3, 0.4) is 0 Å². The third-order valence-corrected chi connectivity index (χ3v) is 7.54. The number of benzene rings is 2. The lowest BCUT2D eigenvalue weighted by Crippen LogP contribution is -2.40. The Morgan fingerprint density at radius 3 is 2.67 bits per heavy atom. The Hall–Kier alpha value is -3.91. The molecule has 1 fully saturated rings. The summed E-state index contributed by atoms with van der Waals surface area (Å²) < 4.78 is 43.9. The average Bonchev–Trinajstić information content (AvgIpc) is 3.59. The van der Waals surface area contributed by atoms with E-state index in [2.05, 4.69) is 30.2 Å². The van der Waals surface area contributed by atoms with Crippen molar-refractivity contribution in [3.8, 4) is 5.75 Å². The zero-order valence-electron chi connectivity index (χ0n) is 21.4. The molecule has 1 atom stereocenters. The lowest BCUT2D eigenvalue weighted by molar-refractivity contribution is -0.274. The number of anilines is 2. The first-order valence-electron chi connectivity index (χ1n) is 12.1. The first kappa shape index (κ1) is 26.7. The van der Waals surface area contributed by atoms with E-state index in [0.717, 1.165) is 23.3 Å². The van der Waals surface area contributed by atoms with Crippen LogP contribution in [0, 0.1) is 0 Å². The van der Waals surface area contributed by atoms with E-state index in [0.29, 0.717) is 51.5 Å². The molecule has 0 aliphatic carbocycles. The van der Waals surface area contributed by atoms with Gasteiger partial charge >= 0.3 is 6.36 Å². The second kappa shape index (κ2) is 10.3. The fraction of sp³-hybridized carbons (Fsp3) is 0.360. The number of fused-ring (bicyclic) bond motifs is 2. The van der Waals surface area contributed by atoms with E-state index in [1.54, 1.807) is 34.7 Å². The number of likely N-dealkylation sites (tertiary alicyclic amines) is 1. The highest BCUT2D eigenvalue weighted by Crippen LogP contribution is 2.33. The van der Waals surface area contributed by atoms with Crippen molar-refractivity contribution in [1.82, 2.24) is 29.7 Å². The predicted molar refractivity (Wildman–Crippen MR) is 141 cm³/mol. The van der Waals surface area contributed by atoms with Crippen LogP contribution in [0.25, 0.3) is 21.3 Å². The van der Waals surface area contributed by atoms with Gasteiger partial charge in [-0.2, -0.15) is 0 Å². The molecule has 2 N–H and O–H groups in total. The maximum atomic E-state index is 12.7. The highest BCUT2D eigenvalue weighted by atomic mass is 32.1. The van der Waals surface area contributed by atoms with Gasteiger partial charge in [-0.3, -0.25) is 9.59 Å². The molecule has 1 aliphatic heterocycles. The van der Waals surface area contributed by atoms with Crippen LogP contribution in [0.5, 0.6) is 5.75 Å². The van der Waals surface area contributed by atoms with Crippen LogP contribution in [0.2, 0.25) is 0 Å². The van der Waals surface area contributed by atoms with Crippen LogP contribution in [0.1, 0.15) is 16.8 Å². The lowest BCUT2D eigenvalue weighted by atomic mass is 10.2. The van der Waals surface area contributed by atoms with Gasteiger partial charge in [0.1, 0.15) is 5.75 Å². The Morgan fingerprint density at radius 2 is 1.95 bits per heavy atom. The first-order chi connectivity index (χ1) is 18.5. The van der Waals surface area contributed by atoms with Gasteiger partial charge in [-0.1, -0.05) is 11.3 Å². The number of ether oxygens (including phenoxy) is 1. The molecule has 39 heavy (non-hydrogen) atoms. The number of aromatic nitrogens is 3. The lowest BCUT2D eigenvalue weighted by Gasteiger charge is -2.20. The number of nitrogens with one attached hydrogen (secondary N) is 2. The van der Waals surface area contributed by atoms with Gasteiger partial charge in [-0.15, -0.1) is 13.2 Å². The average molecular weight is 562 g/mol. The van der Waals surface area contributed by atoms with Crippen LogP contribution in [-0.4, -0.2) is 82.3 Å². The van der Waals surface area contributed by atoms with Gasteiger partial charge in [0, 0.05) is 37.8 Å². The van der Waals surface area contributed by atoms with Gasteiger partial charge in [0.05, 0.1) is 27.8 Å². The standard InChI is InChI=1S/C25H26F3N7O3S/c1-33(2)15-8-9-35(13-15)21(36)12-29-22(37)14-4-7-19-18(10-14)30-23(34(19)3)32-24-31-17-6-5-16(11-20(17)39-24)38-25(26,27)28/h4-7,10-11,15H,8-9,12-13H2,1-3H3,(H,29,37)(H,30,31,32). The fourth-order valence-corrected chi connectivity index (χ4v) is 5.35. The molecule has 2 aromatic heterocycles. The second-order valence-electron chi connectivity index (χ2n) is 9.45. The third-order valence-electron chi connectivity index (χ3n) is 6.60. The summed E-state index contributed by atoms with van der Waals surface area (Å²) in [6.45, 7) is 1.23. The summed E-state index contributed by atoms with van der Waals surface area (Å²) >= 11 is 1.15. The van der Waals surface area contributed by atoms with Gasteiger partial charge in [0.15, 0.2) is 5.13 Å². The molecule has 3 heterocycles. The second-order valence-corrected chi connectivity index (χ2v) is 10.5.